The van der Waals surface area contributed by atoms with Gasteiger partial charge in [0.25, 0.3) is 0 Å². The minimum atomic E-state index is -0.00621. The topological polar surface area (TPSA) is 82.3 Å². The van der Waals surface area contributed by atoms with Crippen molar-refractivity contribution in [3.8, 4) is 0 Å². The molecule has 0 aliphatic heterocycles. The summed E-state index contributed by atoms with van der Waals surface area (Å²) in [6.07, 6.45) is 1.47. The molecule has 0 saturated carbocycles. The lowest BCUT2D eigenvalue weighted by molar-refractivity contribution is 0.0200. The monoisotopic (exact) mass is 274 g/mol. The molecule has 1 rings (SSSR count). The third kappa shape index (κ3) is 4.64. The maximum absolute atomic E-state index is 5.75. The predicted octanol–water partition coefficient (Wildman–Crippen LogP) is 1.56. The van der Waals surface area contributed by atoms with Gasteiger partial charge in [-0.1, -0.05) is 0 Å². The Morgan fingerprint density at radius 1 is 1.44 bits per heavy atom. The van der Waals surface area contributed by atoms with E-state index in [4.69, 9.17) is 26.8 Å². The van der Waals surface area contributed by atoms with Crippen molar-refractivity contribution in [3.63, 3.8) is 0 Å². The zero-order valence-electron chi connectivity index (χ0n) is 10.8. The third-order valence-corrected chi connectivity index (χ3v) is 2.71. The molecule has 102 valence electrons. The summed E-state index contributed by atoms with van der Waals surface area (Å²) in [6, 6.07) is 0.0372. The molecule has 1 heterocycles. The van der Waals surface area contributed by atoms with Gasteiger partial charge in [0.15, 0.2) is 5.82 Å². The number of nitrogens with zero attached hydrogens (tertiary/aromatic N) is 2. The number of halogens is 1. The fourth-order valence-electron chi connectivity index (χ4n) is 1.28. The molecule has 3 N–H and O–H groups in total. The van der Waals surface area contributed by atoms with Crippen molar-refractivity contribution in [2.45, 2.75) is 26.0 Å². The van der Waals surface area contributed by atoms with Crippen LogP contribution in [0.3, 0.4) is 0 Å². The van der Waals surface area contributed by atoms with Crippen LogP contribution in [0.15, 0.2) is 6.20 Å². The molecular weight excluding hydrogens is 256 g/mol. The summed E-state index contributed by atoms with van der Waals surface area (Å²) in [6.45, 7) is 5.06. The highest BCUT2D eigenvalue weighted by molar-refractivity contribution is 6.28. The van der Waals surface area contributed by atoms with Crippen molar-refractivity contribution < 1.29 is 9.47 Å². The van der Waals surface area contributed by atoms with Gasteiger partial charge in [0, 0.05) is 7.11 Å². The Kier molecular flexibility index (Phi) is 6.11. The lowest BCUT2D eigenvalue weighted by Crippen LogP contribution is -2.32. The largest absolute Gasteiger partial charge is 0.394 e. The van der Waals surface area contributed by atoms with Crippen LogP contribution in [0, 0.1) is 0 Å². The van der Waals surface area contributed by atoms with Crippen molar-refractivity contribution >= 4 is 23.1 Å². The number of anilines is 2. The summed E-state index contributed by atoms with van der Waals surface area (Å²) in [4.78, 5) is 7.82. The summed E-state index contributed by atoms with van der Waals surface area (Å²) in [5.74, 6) is 0.518. The first-order valence-corrected chi connectivity index (χ1v) is 6.07. The first-order valence-electron chi connectivity index (χ1n) is 5.69. The highest BCUT2D eigenvalue weighted by Crippen LogP contribution is 2.17. The number of hydrogen-bond donors (Lipinski definition) is 2. The molecule has 7 heteroatoms. The number of aromatic nitrogens is 2. The smallest absolute Gasteiger partial charge is 0.224 e. The molecule has 2 atom stereocenters. The van der Waals surface area contributed by atoms with E-state index in [0.717, 1.165) is 0 Å². The second-order valence-corrected chi connectivity index (χ2v) is 4.28. The number of nitrogen functional groups attached to an aromatic ring is 1. The summed E-state index contributed by atoms with van der Waals surface area (Å²) in [5, 5.41) is 3.31. The Balaban J connectivity index is 2.52. The molecule has 0 fully saturated rings. The zero-order valence-corrected chi connectivity index (χ0v) is 11.6. The van der Waals surface area contributed by atoms with Crippen LogP contribution in [0.4, 0.5) is 11.5 Å². The molecule has 0 saturated heterocycles. The molecule has 6 nitrogen and oxygen atoms in total. The van der Waals surface area contributed by atoms with Gasteiger partial charge in [-0.25, -0.2) is 4.98 Å². The molecule has 0 bridgehead atoms. The number of rotatable bonds is 7. The number of ether oxygens (including phenoxy) is 2. The zero-order chi connectivity index (χ0) is 13.5. The number of methoxy groups -OCH3 is 1. The van der Waals surface area contributed by atoms with E-state index in [9.17, 15) is 0 Å². The molecule has 0 aromatic carbocycles. The maximum atomic E-state index is 5.75. The van der Waals surface area contributed by atoms with Crippen LogP contribution in [0.25, 0.3) is 0 Å². The molecule has 0 radical (unpaired) electrons. The molecule has 0 spiro atoms. The maximum Gasteiger partial charge on any atom is 0.224 e. The van der Waals surface area contributed by atoms with Crippen LogP contribution in [0.2, 0.25) is 5.28 Å². The van der Waals surface area contributed by atoms with E-state index in [0.29, 0.717) is 24.7 Å². The van der Waals surface area contributed by atoms with Gasteiger partial charge < -0.3 is 20.5 Å². The predicted molar refractivity (Wildman–Crippen MR) is 71.8 cm³/mol. The Morgan fingerprint density at radius 3 is 2.83 bits per heavy atom. The first-order chi connectivity index (χ1) is 8.54. The standard InChI is InChI=1S/C11H19ClN4O2/c1-7(8(2)18-5-4-17-3)15-10-9(13)6-14-11(12)16-10/h6-8H,4-5,13H2,1-3H3,(H,14,15,16)/t7?,8-/m0/s1. The highest BCUT2D eigenvalue weighted by atomic mass is 35.5. The van der Waals surface area contributed by atoms with Gasteiger partial charge in [-0.2, -0.15) is 4.98 Å². The summed E-state index contributed by atoms with van der Waals surface area (Å²) in [5.41, 5.74) is 6.21. The second-order valence-electron chi connectivity index (χ2n) is 3.94. The van der Waals surface area contributed by atoms with Crippen LogP contribution in [-0.2, 0) is 9.47 Å². The summed E-state index contributed by atoms with van der Waals surface area (Å²) < 4.78 is 10.5. The fraction of sp³-hybridized carbons (Fsp3) is 0.636. The van der Waals surface area contributed by atoms with Crippen molar-refractivity contribution in [1.82, 2.24) is 9.97 Å². The van der Waals surface area contributed by atoms with E-state index in [2.05, 4.69) is 15.3 Å². The van der Waals surface area contributed by atoms with Crippen molar-refractivity contribution in [2.24, 2.45) is 0 Å². The average Bonchev–Trinajstić information content (AvgIpc) is 2.34. The Labute approximate surface area is 112 Å². The quantitative estimate of drug-likeness (QED) is 0.580. The molecular formula is C11H19ClN4O2. The van der Waals surface area contributed by atoms with E-state index in [1.165, 1.54) is 6.20 Å². The van der Waals surface area contributed by atoms with E-state index in [1.54, 1.807) is 7.11 Å². The van der Waals surface area contributed by atoms with E-state index in [-0.39, 0.29) is 17.4 Å². The van der Waals surface area contributed by atoms with Gasteiger partial charge in [0.1, 0.15) is 0 Å². The Morgan fingerprint density at radius 2 is 2.17 bits per heavy atom. The molecule has 1 aromatic rings. The minimum Gasteiger partial charge on any atom is -0.394 e. The summed E-state index contributed by atoms with van der Waals surface area (Å²) in [7, 11) is 1.64. The van der Waals surface area contributed by atoms with Gasteiger partial charge >= 0.3 is 0 Å². The lowest BCUT2D eigenvalue weighted by Gasteiger charge is -2.22. The van der Waals surface area contributed by atoms with Crippen LogP contribution >= 0.6 is 11.6 Å². The molecule has 18 heavy (non-hydrogen) atoms. The SMILES string of the molecule is COCCO[C@@H](C)C(C)Nc1nc(Cl)ncc1N. The molecule has 1 aromatic heterocycles. The number of nitrogens with one attached hydrogen (secondary N) is 1. The highest BCUT2D eigenvalue weighted by Gasteiger charge is 2.14. The number of nitrogens with two attached hydrogens (primary N) is 1. The normalized spacial score (nSPS) is 14.2. The van der Waals surface area contributed by atoms with Crippen molar-refractivity contribution in [3.05, 3.63) is 11.5 Å². The third-order valence-electron chi connectivity index (χ3n) is 2.52. The average molecular weight is 275 g/mol. The van der Waals surface area contributed by atoms with Gasteiger partial charge in [-0.05, 0) is 25.4 Å². The van der Waals surface area contributed by atoms with Crippen LogP contribution < -0.4 is 11.1 Å². The molecule has 0 amide bonds. The van der Waals surface area contributed by atoms with Crippen molar-refractivity contribution in [1.29, 1.82) is 0 Å². The Hall–Kier alpha value is -1.11. The Bertz CT molecular complexity index is 378. The van der Waals surface area contributed by atoms with Crippen LogP contribution in [-0.4, -0.2) is 42.4 Å². The van der Waals surface area contributed by atoms with Gasteiger partial charge in [0.2, 0.25) is 5.28 Å². The van der Waals surface area contributed by atoms with E-state index >= 15 is 0 Å². The van der Waals surface area contributed by atoms with Crippen LogP contribution in [0.5, 0.6) is 0 Å². The lowest BCUT2D eigenvalue weighted by atomic mass is 10.2. The fourth-order valence-corrected chi connectivity index (χ4v) is 1.41. The minimum absolute atomic E-state index is 0.00621. The molecule has 0 aliphatic rings. The van der Waals surface area contributed by atoms with E-state index < -0.39 is 0 Å². The first kappa shape index (κ1) is 14.9. The van der Waals surface area contributed by atoms with Gasteiger partial charge in [0.05, 0.1) is 37.2 Å². The molecule has 1 unspecified atom stereocenters. The van der Waals surface area contributed by atoms with Crippen LogP contribution in [0.1, 0.15) is 13.8 Å². The number of hydrogen-bond acceptors (Lipinski definition) is 6. The van der Waals surface area contributed by atoms with Crippen molar-refractivity contribution in [2.75, 3.05) is 31.4 Å². The van der Waals surface area contributed by atoms with Gasteiger partial charge in [-0.3, -0.25) is 0 Å². The molecule has 0 aliphatic carbocycles. The van der Waals surface area contributed by atoms with E-state index in [1.807, 2.05) is 13.8 Å². The second kappa shape index (κ2) is 7.35. The van der Waals surface area contributed by atoms with Gasteiger partial charge in [-0.15, -0.1) is 0 Å². The summed E-state index contributed by atoms with van der Waals surface area (Å²) >= 11 is 5.72.